The van der Waals surface area contributed by atoms with Gasteiger partial charge in [0.05, 0.1) is 4.90 Å². The van der Waals surface area contributed by atoms with Gasteiger partial charge in [0.1, 0.15) is 0 Å². The second kappa shape index (κ2) is 6.02. The summed E-state index contributed by atoms with van der Waals surface area (Å²) < 4.78 is 25.9. The van der Waals surface area contributed by atoms with Gasteiger partial charge in [-0.15, -0.1) is 0 Å². The quantitative estimate of drug-likeness (QED) is 0.883. The lowest BCUT2D eigenvalue weighted by atomic mass is 10.2. The Morgan fingerprint density at radius 3 is 2.70 bits per heavy atom. The van der Waals surface area contributed by atoms with E-state index in [4.69, 9.17) is 0 Å². The van der Waals surface area contributed by atoms with Crippen LogP contribution in [0.2, 0.25) is 0 Å². The topological polar surface area (TPSA) is 71.1 Å². The maximum Gasteiger partial charge on any atom is 0.240 e. The highest BCUT2D eigenvalue weighted by molar-refractivity contribution is 7.89. The fraction of sp³-hybridized carbons (Fsp3) is 0.214. The van der Waals surface area contributed by atoms with E-state index < -0.39 is 10.0 Å². The molecule has 0 spiro atoms. The Morgan fingerprint density at radius 2 is 2.05 bits per heavy atom. The molecule has 0 unspecified atom stereocenters. The molecule has 0 bridgehead atoms. The number of hydrogen-bond acceptors (Lipinski definition) is 4. The highest BCUT2D eigenvalue weighted by atomic mass is 32.2. The Bertz CT molecular complexity index is 685. The number of nitrogens with one attached hydrogen (secondary N) is 2. The molecule has 1 aromatic carbocycles. The predicted octanol–water partition coefficient (Wildman–Crippen LogP) is 1.91. The summed E-state index contributed by atoms with van der Waals surface area (Å²) in [6, 6.07) is 8.85. The number of anilines is 1. The summed E-state index contributed by atoms with van der Waals surface area (Å²) in [5.74, 6) is 0. The average Bonchev–Trinajstić information content (AvgIpc) is 2.47. The van der Waals surface area contributed by atoms with Crippen LogP contribution < -0.4 is 10.0 Å². The molecule has 0 radical (unpaired) electrons. The molecule has 0 aliphatic carbocycles. The second-order valence-corrected chi connectivity index (χ2v) is 6.29. The number of sulfonamides is 1. The third-order valence-electron chi connectivity index (χ3n) is 2.99. The van der Waals surface area contributed by atoms with Crippen molar-refractivity contribution in [1.82, 2.24) is 9.71 Å². The van der Waals surface area contributed by atoms with Gasteiger partial charge in [0.2, 0.25) is 10.0 Å². The molecule has 106 valence electrons. The molecule has 6 heteroatoms. The Balaban J connectivity index is 2.22. The van der Waals surface area contributed by atoms with Crippen LogP contribution in [0.1, 0.15) is 11.1 Å². The molecule has 0 saturated carbocycles. The minimum atomic E-state index is -3.42. The van der Waals surface area contributed by atoms with Crippen molar-refractivity contribution in [2.45, 2.75) is 18.4 Å². The number of hydrogen-bond donors (Lipinski definition) is 2. The molecule has 0 amide bonds. The lowest BCUT2D eigenvalue weighted by Gasteiger charge is -2.11. The Kier molecular flexibility index (Phi) is 4.36. The molecule has 0 saturated heterocycles. The SMILES string of the molecule is CNS(=O)(=O)c1ccc(C)c(NCc2cccnc2)c1. The van der Waals surface area contributed by atoms with Crippen LogP contribution in [0.3, 0.4) is 0 Å². The van der Waals surface area contributed by atoms with E-state index in [1.54, 1.807) is 30.6 Å². The van der Waals surface area contributed by atoms with Crippen molar-refractivity contribution >= 4 is 15.7 Å². The van der Waals surface area contributed by atoms with Crippen LogP contribution in [-0.4, -0.2) is 20.4 Å². The van der Waals surface area contributed by atoms with Crippen molar-refractivity contribution in [3.63, 3.8) is 0 Å². The van der Waals surface area contributed by atoms with Gasteiger partial charge in [0, 0.05) is 24.6 Å². The van der Waals surface area contributed by atoms with E-state index in [0.29, 0.717) is 6.54 Å². The average molecular weight is 291 g/mol. The standard InChI is InChI=1S/C14H17N3O2S/c1-11-5-6-13(20(18,19)15-2)8-14(11)17-10-12-4-3-7-16-9-12/h3-9,15,17H,10H2,1-2H3. The summed E-state index contributed by atoms with van der Waals surface area (Å²) in [5, 5.41) is 3.23. The van der Waals surface area contributed by atoms with E-state index in [-0.39, 0.29) is 4.90 Å². The van der Waals surface area contributed by atoms with Gasteiger partial charge in [0.25, 0.3) is 0 Å². The normalized spacial score (nSPS) is 11.3. The Hall–Kier alpha value is -1.92. The maximum atomic E-state index is 11.8. The molecule has 2 rings (SSSR count). The number of pyridine rings is 1. The first-order chi connectivity index (χ1) is 9.53. The zero-order valence-corrected chi connectivity index (χ0v) is 12.2. The monoisotopic (exact) mass is 291 g/mol. The molecule has 0 atom stereocenters. The van der Waals surface area contributed by atoms with Crippen molar-refractivity contribution in [1.29, 1.82) is 0 Å². The van der Waals surface area contributed by atoms with E-state index in [1.807, 2.05) is 19.1 Å². The van der Waals surface area contributed by atoms with E-state index in [2.05, 4.69) is 15.0 Å². The van der Waals surface area contributed by atoms with Crippen molar-refractivity contribution in [3.05, 3.63) is 53.9 Å². The zero-order valence-electron chi connectivity index (χ0n) is 11.4. The molecular weight excluding hydrogens is 274 g/mol. The zero-order chi connectivity index (χ0) is 14.6. The molecule has 2 aromatic rings. The summed E-state index contributed by atoms with van der Waals surface area (Å²) in [4.78, 5) is 4.29. The highest BCUT2D eigenvalue weighted by Gasteiger charge is 2.12. The molecule has 0 fully saturated rings. The molecule has 0 aliphatic heterocycles. The largest absolute Gasteiger partial charge is 0.381 e. The van der Waals surface area contributed by atoms with Gasteiger partial charge in [-0.05, 0) is 43.3 Å². The van der Waals surface area contributed by atoms with Gasteiger partial charge in [-0.3, -0.25) is 4.98 Å². The van der Waals surface area contributed by atoms with E-state index in [0.717, 1.165) is 16.8 Å². The van der Waals surface area contributed by atoms with Gasteiger partial charge >= 0.3 is 0 Å². The van der Waals surface area contributed by atoms with Crippen molar-refractivity contribution in [3.8, 4) is 0 Å². The third kappa shape index (κ3) is 3.34. The number of benzene rings is 1. The highest BCUT2D eigenvalue weighted by Crippen LogP contribution is 2.20. The van der Waals surface area contributed by atoms with Crippen LogP contribution in [0.5, 0.6) is 0 Å². The van der Waals surface area contributed by atoms with E-state index in [1.165, 1.54) is 7.05 Å². The van der Waals surface area contributed by atoms with E-state index in [9.17, 15) is 8.42 Å². The lowest BCUT2D eigenvalue weighted by molar-refractivity contribution is 0.588. The van der Waals surface area contributed by atoms with Gasteiger partial charge < -0.3 is 5.32 Å². The molecular formula is C14H17N3O2S. The number of aromatic nitrogens is 1. The predicted molar refractivity (Wildman–Crippen MR) is 79.0 cm³/mol. The molecule has 0 aliphatic rings. The van der Waals surface area contributed by atoms with Gasteiger partial charge in [-0.25, -0.2) is 13.1 Å². The minimum Gasteiger partial charge on any atom is -0.381 e. The molecule has 5 nitrogen and oxygen atoms in total. The van der Waals surface area contributed by atoms with Gasteiger partial charge in [-0.1, -0.05) is 12.1 Å². The molecule has 1 heterocycles. The Labute approximate surface area is 119 Å². The summed E-state index contributed by atoms with van der Waals surface area (Å²) >= 11 is 0. The van der Waals surface area contributed by atoms with Crippen molar-refractivity contribution in [2.24, 2.45) is 0 Å². The van der Waals surface area contributed by atoms with Gasteiger partial charge in [-0.2, -0.15) is 0 Å². The lowest BCUT2D eigenvalue weighted by Crippen LogP contribution is -2.18. The van der Waals surface area contributed by atoms with Crippen LogP contribution in [0, 0.1) is 6.92 Å². The third-order valence-corrected chi connectivity index (χ3v) is 4.41. The Morgan fingerprint density at radius 1 is 1.25 bits per heavy atom. The van der Waals surface area contributed by atoms with Crippen molar-refractivity contribution in [2.75, 3.05) is 12.4 Å². The summed E-state index contributed by atoms with van der Waals surface area (Å²) in [7, 11) is -2.02. The first-order valence-corrected chi connectivity index (χ1v) is 7.68. The first-order valence-electron chi connectivity index (χ1n) is 6.20. The van der Waals surface area contributed by atoms with Crippen LogP contribution in [0.25, 0.3) is 0 Å². The molecule has 20 heavy (non-hydrogen) atoms. The number of nitrogens with zero attached hydrogens (tertiary/aromatic N) is 1. The van der Waals surface area contributed by atoms with Crippen LogP contribution in [-0.2, 0) is 16.6 Å². The number of aryl methyl sites for hydroxylation is 1. The smallest absolute Gasteiger partial charge is 0.240 e. The van der Waals surface area contributed by atoms with Crippen LogP contribution in [0.4, 0.5) is 5.69 Å². The molecule has 1 aromatic heterocycles. The van der Waals surface area contributed by atoms with Crippen LogP contribution >= 0.6 is 0 Å². The fourth-order valence-electron chi connectivity index (χ4n) is 1.78. The van der Waals surface area contributed by atoms with Gasteiger partial charge in [0.15, 0.2) is 0 Å². The maximum absolute atomic E-state index is 11.8. The second-order valence-electron chi connectivity index (χ2n) is 4.40. The van der Waals surface area contributed by atoms with Crippen molar-refractivity contribution < 1.29 is 8.42 Å². The first kappa shape index (κ1) is 14.5. The van der Waals surface area contributed by atoms with Crippen LogP contribution in [0.15, 0.2) is 47.6 Å². The molecule has 2 N–H and O–H groups in total. The minimum absolute atomic E-state index is 0.249. The summed E-state index contributed by atoms with van der Waals surface area (Å²) in [6.07, 6.45) is 3.49. The number of rotatable bonds is 5. The van der Waals surface area contributed by atoms with E-state index >= 15 is 0 Å². The summed E-state index contributed by atoms with van der Waals surface area (Å²) in [5.41, 5.74) is 2.82. The fourth-order valence-corrected chi connectivity index (χ4v) is 2.53. The summed E-state index contributed by atoms with van der Waals surface area (Å²) in [6.45, 7) is 2.53.